The van der Waals surface area contributed by atoms with E-state index in [4.69, 9.17) is 0 Å². The molecule has 0 aromatic carbocycles. The molecule has 3 heteroatoms. The van der Waals surface area contributed by atoms with Crippen LogP contribution in [0.25, 0.3) is 0 Å². The second kappa shape index (κ2) is 2.55. The molecule has 2 saturated heterocycles. The molecule has 13 heavy (non-hydrogen) atoms. The largest absolute Gasteiger partial charge is 0.313 e. The lowest BCUT2D eigenvalue weighted by molar-refractivity contribution is -0.264. The van der Waals surface area contributed by atoms with Crippen molar-refractivity contribution >= 4 is 5.78 Å². The number of nitrogens with zero attached hydrogens (tertiary/aromatic N) is 1. The van der Waals surface area contributed by atoms with E-state index in [2.05, 4.69) is 0 Å². The normalized spacial score (nSPS) is 46.5. The number of Topliss-reactive ketones (excluding diaryl/α,β-unsaturated/α-hetero) is 1. The summed E-state index contributed by atoms with van der Waals surface area (Å²) in [4.78, 5) is 11.5. The summed E-state index contributed by atoms with van der Waals surface area (Å²) in [6.45, 7) is 3.98. The van der Waals surface area contributed by atoms with Gasteiger partial charge in [-0.05, 0) is 33.1 Å². The molecule has 3 nitrogen and oxygen atoms in total. The Kier molecular flexibility index (Phi) is 1.79. The molecule has 2 rings (SSSR count). The van der Waals surface area contributed by atoms with Crippen molar-refractivity contribution in [1.82, 2.24) is 5.06 Å². The minimum absolute atomic E-state index is 0.289. The van der Waals surface area contributed by atoms with Crippen LogP contribution in [-0.2, 0) is 4.79 Å². The number of hydroxylamine groups is 2. The standard InChI is InChI=1S/C10H17NO2/c1-9-4-3-5-10(2,11(9)13)7-8(12)6-9/h13H,3-7H2,1-2H3. The Balaban J connectivity index is 2.34. The van der Waals surface area contributed by atoms with Crippen molar-refractivity contribution in [3.05, 3.63) is 0 Å². The zero-order valence-electron chi connectivity index (χ0n) is 8.34. The van der Waals surface area contributed by atoms with E-state index in [0.29, 0.717) is 18.6 Å². The van der Waals surface area contributed by atoms with E-state index in [-0.39, 0.29) is 11.1 Å². The van der Waals surface area contributed by atoms with Gasteiger partial charge in [-0.1, -0.05) is 0 Å². The van der Waals surface area contributed by atoms with Crippen LogP contribution >= 0.6 is 0 Å². The first-order valence-corrected chi connectivity index (χ1v) is 4.97. The highest BCUT2D eigenvalue weighted by atomic mass is 16.5. The molecule has 0 aliphatic carbocycles. The quantitative estimate of drug-likeness (QED) is 0.622. The molecule has 0 spiro atoms. The minimum Gasteiger partial charge on any atom is -0.313 e. The predicted molar refractivity (Wildman–Crippen MR) is 48.5 cm³/mol. The van der Waals surface area contributed by atoms with Gasteiger partial charge in [0.2, 0.25) is 0 Å². The first kappa shape index (κ1) is 9.16. The number of carbonyl (C=O) groups is 1. The molecule has 2 heterocycles. The lowest BCUT2D eigenvalue weighted by Crippen LogP contribution is -2.64. The number of fused-ring (bicyclic) bond motifs is 2. The highest BCUT2D eigenvalue weighted by molar-refractivity contribution is 5.82. The number of carbonyl (C=O) groups excluding carboxylic acids is 1. The molecule has 2 fully saturated rings. The van der Waals surface area contributed by atoms with E-state index < -0.39 is 0 Å². The van der Waals surface area contributed by atoms with Gasteiger partial charge in [-0.3, -0.25) is 4.79 Å². The Morgan fingerprint density at radius 1 is 1.23 bits per heavy atom. The van der Waals surface area contributed by atoms with Crippen LogP contribution in [0.15, 0.2) is 0 Å². The fourth-order valence-electron chi connectivity index (χ4n) is 2.95. The second-order valence-electron chi connectivity index (χ2n) is 5.05. The molecule has 0 aromatic heterocycles. The molecule has 0 aromatic rings. The summed E-state index contributed by atoms with van der Waals surface area (Å²) in [6, 6.07) is 0. The number of ketones is 1. The van der Waals surface area contributed by atoms with Gasteiger partial charge in [-0.15, -0.1) is 0 Å². The Bertz CT molecular complexity index is 231. The van der Waals surface area contributed by atoms with Crippen LogP contribution in [0.2, 0.25) is 0 Å². The van der Waals surface area contributed by atoms with Crippen molar-refractivity contribution in [3.63, 3.8) is 0 Å². The average Bonchev–Trinajstić information content (AvgIpc) is 1.97. The van der Waals surface area contributed by atoms with Gasteiger partial charge in [-0.2, -0.15) is 5.06 Å². The summed E-state index contributed by atoms with van der Waals surface area (Å²) in [6.07, 6.45) is 4.02. The highest BCUT2D eigenvalue weighted by Crippen LogP contribution is 2.45. The first-order valence-electron chi connectivity index (χ1n) is 4.97. The van der Waals surface area contributed by atoms with Gasteiger partial charge in [0.1, 0.15) is 5.78 Å². The van der Waals surface area contributed by atoms with E-state index in [1.165, 1.54) is 5.06 Å². The van der Waals surface area contributed by atoms with Gasteiger partial charge in [0.15, 0.2) is 0 Å². The molecule has 1 N–H and O–H groups in total. The summed E-state index contributed by atoms with van der Waals surface area (Å²) < 4.78 is 0. The fourth-order valence-corrected chi connectivity index (χ4v) is 2.95. The second-order valence-corrected chi connectivity index (χ2v) is 5.05. The van der Waals surface area contributed by atoms with Crippen LogP contribution < -0.4 is 0 Å². The minimum atomic E-state index is -0.289. The van der Waals surface area contributed by atoms with E-state index in [1.807, 2.05) is 13.8 Å². The van der Waals surface area contributed by atoms with Gasteiger partial charge < -0.3 is 5.21 Å². The van der Waals surface area contributed by atoms with Crippen LogP contribution in [0, 0.1) is 0 Å². The SMILES string of the molecule is CC12CCCC(C)(CC(=O)C1)N2O. The van der Waals surface area contributed by atoms with E-state index in [1.54, 1.807) is 0 Å². The molecule has 0 amide bonds. The van der Waals surface area contributed by atoms with Crippen LogP contribution in [0.4, 0.5) is 0 Å². The molecule has 2 atom stereocenters. The Morgan fingerprint density at radius 2 is 1.69 bits per heavy atom. The Morgan fingerprint density at radius 3 is 2.15 bits per heavy atom. The van der Waals surface area contributed by atoms with Crippen LogP contribution in [-0.4, -0.2) is 27.1 Å². The van der Waals surface area contributed by atoms with Crippen molar-refractivity contribution < 1.29 is 10.0 Å². The topological polar surface area (TPSA) is 40.5 Å². The summed E-state index contributed by atoms with van der Waals surface area (Å²) in [7, 11) is 0. The fraction of sp³-hybridized carbons (Fsp3) is 0.900. The number of rotatable bonds is 0. The third-order valence-corrected chi connectivity index (χ3v) is 3.61. The lowest BCUT2D eigenvalue weighted by atomic mass is 9.70. The zero-order chi connectivity index (χ0) is 9.69. The highest BCUT2D eigenvalue weighted by Gasteiger charge is 2.51. The maximum absolute atomic E-state index is 11.5. The van der Waals surface area contributed by atoms with Gasteiger partial charge in [-0.25, -0.2) is 0 Å². The molecule has 0 radical (unpaired) electrons. The number of piperidine rings is 2. The number of hydrogen-bond acceptors (Lipinski definition) is 3. The Hall–Kier alpha value is -0.410. The molecule has 2 aliphatic heterocycles. The maximum Gasteiger partial charge on any atom is 0.136 e. The van der Waals surface area contributed by atoms with E-state index in [0.717, 1.165) is 19.3 Å². The van der Waals surface area contributed by atoms with Gasteiger partial charge in [0.05, 0.1) is 11.1 Å². The summed E-state index contributed by atoms with van der Waals surface area (Å²) >= 11 is 0. The van der Waals surface area contributed by atoms with Crippen molar-refractivity contribution in [2.45, 2.75) is 57.0 Å². The lowest BCUT2D eigenvalue weighted by Gasteiger charge is -2.54. The molecule has 2 bridgehead atoms. The third kappa shape index (κ3) is 1.22. The summed E-state index contributed by atoms with van der Waals surface area (Å²) in [5, 5.41) is 11.5. The van der Waals surface area contributed by atoms with Crippen molar-refractivity contribution in [1.29, 1.82) is 0 Å². The van der Waals surface area contributed by atoms with Crippen molar-refractivity contribution in [2.24, 2.45) is 0 Å². The number of hydrogen-bond donors (Lipinski definition) is 1. The van der Waals surface area contributed by atoms with Crippen molar-refractivity contribution in [2.75, 3.05) is 0 Å². The van der Waals surface area contributed by atoms with E-state index in [9.17, 15) is 10.0 Å². The molecular weight excluding hydrogens is 166 g/mol. The van der Waals surface area contributed by atoms with Gasteiger partial charge in [0.25, 0.3) is 0 Å². The molecule has 2 unspecified atom stereocenters. The average molecular weight is 183 g/mol. The molecule has 2 aliphatic rings. The summed E-state index contributed by atoms with van der Waals surface area (Å²) in [5.74, 6) is 0.301. The maximum atomic E-state index is 11.5. The Labute approximate surface area is 78.7 Å². The van der Waals surface area contributed by atoms with Crippen LogP contribution in [0.5, 0.6) is 0 Å². The zero-order valence-corrected chi connectivity index (χ0v) is 8.34. The summed E-state index contributed by atoms with van der Waals surface area (Å²) in [5.41, 5.74) is -0.579. The third-order valence-electron chi connectivity index (χ3n) is 3.61. The van der Waals surface area contributed by atoms with Crippen LogP contribution in [0.1, 0.15) is 46.0 Å². The molecule has 0 saturated carbocycles. The van der Waals surface area contributed by atoms with Gasteiger partial charge >= 0.3 is 0 Å². The molecule has 74 valence electrons. The van der Waals surface area contributed by atoms with Crippen molar-refractivity contribution in [3.8, 4) is 0 Å². The van der Waals surface area contributed by atoms with Gasteiger partial charge in [0, 0.05) is 12.8 Å². The van der Waals surface area contributed by atoms with Crippen LogP contribution in [0.3, 0.4) is 0 Å². The van der Waals surface area contributed by atoms with E-state index >= 15 is 0 Å². The molecular formula is C10H17NO2. The predicted octanol–water partition coefficient (Wildman–Crippen LogP) is 1.74. The smallest absolute Gasteiger partial charge is 0.136 e. The monoisotopic (exact) mass is 183 g/mol. The first-order chi connectivity index (χ1) is 5.96.